The van der Waals surface area contributed by atoms with Crippen LogP contribution in [-0.2, 0) is 0 Å². The van der Waals surface area contributed by atoms with Gasteiger partial charge in [-0.15, -0.1) is 12.4 Å². The molecule has 1 aromatic carbocycles. The zero-order valence-electron chi connectivity index (χ0n) is 6.53. The number of benzene rings is 1. The van der Waals surface area contributed by atoms with E-state index in [2.05, 4.69) is 9.97 Å². The lowest BCUT2D eigenvalue weighted by Gasteiger charge is -1.92. The molecule has 4 nitrogen and oxygen atoms in total. The number of nitrogens with one attached hydrogen (secondary N) is 2. The maximum absolute atomic E-state index is 11.1. The molecule has 0 aliphatic carbocycles. The van der Waals surface area contributed by atoms with E-state index in [4.69, 9.17) is 0 Å². The average Bonchev–Trinajstić information content (AvgIpc) is 2.04. The van der Waals surface area contributed by atoms with E-state index in [9.17, 15) is 9.59 Å². The topological polar surface area (TPSA) is 65.7 Å². The Bertz CT molecular complexity index is 529. The second kappa shape index (κ2) is 3.45. The summed E-state index contributed by atoms with van der Waals surface area (Å²) in [5.41, 5.74) is -0.265. The molecule has 0 amide bonds. The molecule has 2 N–H and O–H groups in total. The minimum absolute atomic E-state index is 0. The van der Waals surface area contributed by atoms with Gasteiger partial charge in [-0.1, -0.05) is 12.1 Å². The molecule has 0 bridgehead atoms. The zero-order valence-corrected chi connectivity index (χ0v) is 7.35. The van der Waals surface area contributed by atoms with Gasteiger partial charge in [-0.05, 0) is 12.1 Å². The second-order valence-electron chi connectivity index (χ2n) is 2.45. The van der Waals surface area contributed by atoms with Gasteiger partial charge < -0.3 is 4.98 Å². The van der Waals surface area contributed by atoms with Gasteiger partial charge in [0.15, 0.2) is 0 Å². The van der Waals surface area contributed by atoms with Crippen molar-refractivity contribution in [2.75, 3.05) is 0 Å². The van der Waals surface area contributed by atoms with Crippen molar-refractivity contribution in [1.29, 1.82) is 0 Å². The zero-order chi connectivity index (χ0) is 8.55. The summed E-state index contributed by atoms with van der Waals surface area (Å²) in [7, 11) is 0. The minimum atomic E-state index is -0.473. The molecule has 2 rings (SSSR count). The van der Waals surface area contributed by atoms with Gasteiger partial charge in [0, 0.05) is 0 Å². The fraction of sp³-hybridized carbons (Fsp3) is 0. The molecular weight excluding hydrogens is 192 g/mol. The normalized spacial score (nSPS) is 9.54. The van der Waals surface area contributed by atoms with Gasteiger partial charge >= 0.3 is 5.69 Å². The summed E-state index contributed by atoms with van der Waals surface area (Å²) < 4.78 is 0. The maximum atomic E-state index is 11.1. The van der Waals surface area contributed by atoms with Crippen LogP contribution in [-0.4, -0.2) is 9.97 Å². The number of fused-ring (bicyclic) bond motifs is 1. The van der Waals surface area contributed by atoms with E-state index in [1.807, 2.05) is 0 Å². The monoisotopic (exact) mass is 198 g/mol. The Kier molecular flexibility index (Phi) is 2.53. The lowest BCUT2D eigenvalue weighted by molar-refractivity contribution is 1.08. The number of aromatic amines is 2. The molecule has 0 aliphatic rings. The highest BCUT2D eigenvalue weighted by molar-refractivity contribution is 5.85. The largest absolute Gasteiger partial charge is 0.326 e. The Hall–Kier alpha value is -1.55. The number of halogens is 1. The molecule has 2 aromatic rings. The fourth-order valence-corrected chi connectivity index (χ4v) is 1.11. The smallest absolute Gasteiger partial charge is 0.307 e. The Morgan fingerprint density at radius 2 is 1.69 bits per heavy atom. The number of rotatable bonds is 0. The van der Waals surface area contributed by atoms with Crippen molar-refractivity contribution < 1.29 is 0 Å². The highest BCUT2D eigenvalue weighted by atomic mass is 35.5. The third-order valence-electron chi connectivity index (χ3n) is 1.65. The molecule has 0 unspecified atom stereocenters. The first-order valence-electron chi connectivity index (χ1n) is 3.49. The van der Waals surface area contributed by atoms with E-state index in [0.717, 1.165) is 0 Å². The van der Waals surface area contributed by atoms with Gasteiger partial charge in [0.1, 0.15) is 0 Å². The molecule has 0 saturated heterocycles. The van der Waals surface area contributed by atoms with Crippen LogP contribution in [0.15, 0.2) is 33.9 Å². The molecular formula is C8H7ClN2O2. The molecule has 0 aliphatic heterocycles. The van der Waals surface area contributed by atoms with E-state index in [-0.39, 0.29) is 18.0 Å². The summed E-state index contributed by atoms with van der Waals surface area (Å²) >= 11 is 0. The van der Waals surface area contributed by atoms with Crippen LogP contribution in [0.1, 0.15) is 0 Å². The van der Waals surface area contributed by atoms with Crippen molar-refractivity contribution in [3.63, 3.8) is 0 Å². The third kappa shape index (κ3) is 1.62. The van der Waals surface area contributed by atoms with E-state index in [1.165, 1.54) is 0 Å². The van der Waals surface area contributed by atoms with Crippen LogP contribution in [0.25, 0.3) is 10.9 Å². The van der Waals surface area contributed by atoms with E-state index in [1.54, 1.807) is 24.3 Å². The molecule has 0 saturated carbocycles. The molecule has 68 valence electrons. The van der Waals surface area contributed by atoms with Crippen molar-refractivity contribution in [2.24, 2.45) is 0 Å². The first kappa shape index (κ1) is 9.54. The summed E-state index contributed by atoms with van der Waals surface area (Å²) in [5, 5.41) is 0.497. The average molecular weight is 199 g/mol. The van der Waals surface area contributed by atoms with Crippen molar-refractivity contribution in [2.45, 2.75) is 0 Å². The number of aromatic nitrogens is 2. The van der Waals surface area contributed by atoms with Gasteiger partial charge in [0.25, 0.3) is 5.56 Å². The van der Waals surface area contributed by atoms with Crippen molar-refractivity contribution in [3.05, 3.63) is 45.1 Å². The molecule has 5 heteroatoms. The summed E-state index contributed by atoms with van der Waals surface area (Å²) in [6, 6.07) is 6.85. The van der Waals surface area contributed by atoms with Gasteiger partial charge in [0.2, 0.25) is 0 Å². The molecule has 1 aromatic heterocycles. The number of hydrogen-bond acceptors (Lipinski definition) is 2. The Labute approximate surface area is 79.0 Å². The Balaban J connectivity index is 0.000000845. The van der Waals surface area contributed by atoms with Crippen LogP contribution in [0.4, 0.5) is 0 Å². The summed E-state index contributed by atoms with van der Waals surface area (Å²) in [6.45, 7) is 0. The van der Waals surface area contributed by atoms with Crippen LogP contribution < -0.4 is 11.2 Å². The van der Waals surface area contributed by atoms with E-state index < -0.39 is 5.69 Å². The van der Waals surface area contributed by atoms with Crippen LogP contribution >= 0.6 is 12.4 Å². The molecule has 1 heterocycles. The predicted molar refractivity (Wildman–Crippen MR) is 52.4 cm³/mol. The van der Waals surface area contributed by atoms with E-state index >= 15 is 0 Å². The third-order valence-corrected chi connectivity index (χ3v) is 1.65. The Morgan fingerprint density at radius 1 is 1.00 bits per heavy atom. The van der Waals surface area contributed by atoms with Gasteiger partial charge in [-0.3, -0.25) is 9.78 Å². The first-order chi connectivity index (χ1) is 5.77. The molecule has 0 spiro atoms. The number of hydrogen-bond donors (Lipinski definition) is 2. The lowest BCUT2D eigenvalue weighted by Crippen LogP contribution is -2.21. The summed E-state index contributed by atoms with van der Waals surface area (Å²) in [6.07, 6.45) is 0. The van der Waals surface area contributed by atoms with Crippen molar-refractivity contribution in [1.82, 2.24) is 9.97 Å². The molecule has 13 heavy (non-hydrogen) atoms. The van der Waals surface area contributed by atoms with Crippen LogP contribution in [0.2, 0.25) is 0 Å². The van der Waals surface area contributed by atoms with Gasteiger partial charge in [-0.2, -0.15) is 0 Å². The second-order valence-corrected chi connectivity index (χ2v) is 2.45. The fourth-order valence-electron chi connectivity index (χ4n) is 1.11. The first-order valence-corrected chi connectivity index (χ1v) is 3.49. The number of H-pyrrole nitrogens is 2. The highest BCUT2D eigenvalue weighted by Gasteiger charge is 1.96. The maximum Gasteiger partial charge on any atom is 0.326 e. The van der Waals surface area contributed by atoms with Gasteiger partial charge in [0.05, 0.1) is 10.9 Å². The summed E-state index contributed by atoms with van der Waals surface area (Å²) in [5.74, 6) is 0. The van der Waals surface area contributed by atoms with Crippen molar-refractivity contribution >= 4 is 23.3 Å². The van der Waals surface area contributed by atoms with Crippen LogP contribution in [0, 0.1) is 0 Å². The molecule has 0 fully saturated rings. The SMILES string of the molecule is Cl.O=c1[nH]c(=O)c2ccccc2[nH]1. The highest BCUT2D eigenvalue weighted by Crippen LogP contribution is 2.01. The number of para-hydroxylation sites is 1. The predicted octanol–water partition coefficient (Wildman–Crippen LogP) is 0.638. The van der Waals surface area contributed by atoms with E-state index in [0.29, 0.717) is 10.9 Å². The molecule has 0 radical (unpaired) electrons. The standard InChI is InChI=1S/C8H6N2O2.ClH/c11-7-5-3-1-2-4-6(5)9-8(12)10-7;/h1-4H,(H2,9,10,11,12);1H. The van der Waals surface area contributed by atoms with Crippen LogP contribution in [0.5, 0.6) is 0 Å². The summed E-state index contributed by atoms with van der Waals surface area (Å²) in [4.78, 5) is 26.6. The quantitative estimate of drug-likeness (QED) is 0.653. The van der Waals surface area contributed by atoms with Gasteiger partial charge in [-0.25, -0.2) is 4.79 Å². The minimum Gasteiger partial charge on any atom is -0.307 e. The van der Waals surface area contributed by atoms with Crippen LogP contribution in [0.3, 0.4) is 0 Å². The lowest BCUT2D eigenvalue weighted by atomic mass is 10.2. The molecule has 0 atom stereocenters. The Morgan fingerprint density at radius 3 is 2.46 bits per heavy atom. The van der Waals surface area contributed by atoms with Crippen molar-refractivity contribution in [3.8, 4) is 0 Å².